The van der Waals surface area contributed by atoms with Gasteiger partial charge in [0.05, 0.1) is 5.92 Å². The molecule has 0 bridgehead atoms. The maximum atomic E-state index is 13.9. The summed E-state index contributed by atoms with van der Waals surface area (Å²) in [6, 6.07) is 20.2. The first-order valence-corrected chi connectivity index (χ1v) is 9.10. The van der Waals surface area contributed by atoms with Crippen LogP contribution >= 0.6 is 0 Å². The molecule has 0 fully saturated rings. The fourth-order valence-electron chi connectivity index (χ4n) is 3.82. The van der Waals surface area contributed by atoms with E-state index in [9.17, 15) is 13.6 Å². The Morgan fingerprint density at radius 2 is 1.64 bits per heavy atom. The minimum absolute atomic E-state index is 0.0423. The van der Waals surface area contributed by atoms with Crippen LogP contribution in [-0.4, -0.2) is 13.0 Å². The van der Waals surface area contributed by atoms with Gasteiger partial charge >= 0.3 is 0 Å². The first kappa shape index (κ1) is 18.1. The average molecular weight is 375 g/mol. The van der Waals surface area contributed by atoms with Crippen molar-refractivity contribution >= 4 is 17.7 Å². The number of hydrogen-bond acceptors (Lipinski definition) is 1. The van der Waals surface area contributed by atoms with E-state index >= 15 is 0 Å². The molecule has 0 N–H and O–H groups in total. The van der Waals surface area contributed by atoms with Crippen LogP contribution < -0.4 is 4.90 Å². The molecular formula is C24H19F2NO. The van der Waals surface area contributed by atoms with E-state index < -0.39 is 5.92 Å². The molecule has 3 aromatic rings. The van der Waals surface area contributed by atoms with E-state index in [1.807, 2.05) is 36.4 Å². The summed E-state index contributed by atoms with van der Waals surface area (Å²) in [5.41, 5.74) is 3.16. The predicted molar refractivity (Wildman–Crippen MR) is 107 cm³/mol. The Bertz CT molecular complexity index is 1060. The Morgan fingerprint density at radius 1 is 0.929 bits per heavy atom. The van der Waals surface area contributed by atoms with Gasteiger partial charge in [-0.25, -0.2) is 8.78 Å². The second-order valence-corrected chi connectivity index (χ2v) is 6.93. The average Bonchev–Trinajstić information content (AvgIpc) is 2.94. The number of hydrogen-bond donors (Lipinski definition) is 0. The molecule has 0 aliphatic carbocycles. The van der Waals surface area contributed by atoms with Crippen molar-refractivity contribution in [3.63, 3.8) is 0 Å². The van der Waals surface area contributed by atoms with E-state index in [1.54, 1.807) is 36.2 Å². The molecule has 4 rings (SSSR count). The van der Waals surface area contributed by atoms with Crippen LogP contribution in [0.5, 0.6) is 0 Å². The zero-order valence-electron chi connectivity index (χ0n) is 15.3. The third kappa shape index (κ3) is 3.33. The zero-order chi connectivity index (χ0) is 19.7. The largest absolute Gasteiger partial charge is 0.315 e. The number of allylic oxidation sites excluding steroid dienone is 1. The Hall–Kier alpha value is -3.27. The van der Waals surface area contributed by atoms with E-state index in [2.05, 4.69) is 0 Å². The molecule has 0 saturated heterocycles. The predicted octanol–water partition coefficient (Wildman–Crippen LogP) is 5.52. The van der Waals surface area contributed by atoms with Gasteiger partial charge in [-0.3, -0.25) is 4.79 Å². The van der Waals surface area contributed by atoms with Gasteiger partial charge in [-0.1, -0.05) is 54.6 Å². The second-order valence-electron chi connectivity index (χ2n) is 6.93. The number of carbonyl (C=O) groups is 1. The molecule has 4 heteroatoms. The highest BCUT2D eigenvalue weighted by Crippen LogP contribution is 2.45. The molecule has 0 aromatic heterocycles. The SMILES string of the molecule is CN1C(=O)[C@H]([C@@H](/C=C/c2cccc(F)c2)c2cccc(F)c2)c2ccccc21. The molecule has 0 unspecified atom stereocenters. The van der Waals surface area contributed by atoms with Crippen molar-refractivity contribution in [1.29, 1.82) is 0 Å². The fourth-order valence-corrected chi connectivity index (χ4v) is 3.82. The molecule has 0 spiro atoms. The van der Waals surface area contributed by atoms with Gasteiger partial charge in [0.15, 0.2) is 0 Å². The lowest BCUT2D eigenvalue weighted by Gasteiger charge is -2.21. The van der Waals surface area contributed by atoms with Gasteiger partial charge in [0, 0.05) is 18.7 Å². The highest BCUT2D eigenvalue weighted by Gasteiger charge is 2.39. The van der Waals surface area contributed by atoms with Crippen LogP contribution in [0.25, 0.3) is 6.08 Å². The van der Waals surface area contributed by atoms with Crippen molar-refractivity contribution in [3.05, 3.63) is 107 Å². The molecular weight excluding hydrogens is 356 g/mol. The second kappa shape index (κ2) is 7.39. The number of rotatable bonds is 4. The Kier molecular flexibility index (Phi) is 4.78. The summed E-state index contributed by atoms with van der Waals surface area (Å²) < 4.78 is 27.5. The summed E-state index contributed by atoms with van der Waals surface area (Å²) in [5.74, 6) is -1.56. The summed E-state index contributed by atoms with van der Waals surface area (Å²) in [7, 11) is 1.75. The van der Waals surface area contributed by atoms with E-state index in [0.29, 0.717) is 11.1 Å². The third-order valence-corrected chi connectivity index (χ3v) is 5.17. The van der Waals surface area contributed by atoms with Crippen molar-refractivity contribution in [2.45, 2.75) is 11.8 Å². The van der Waals surface area contributed by atoms with Crippen LogP contribution in [0.3, 0.4) is 0 Å². The van der Waals surface area contributed by atoms with E-state index in [1.165, 1.54) is 24.3 Å². The molecule has 2 nitrogen and oxygen atoms in total. The highest BCUT2D eigenvalue weighted by molar-refractivity contribution is 6.05. The maximum Gasteiger partial charge on any atom is 0.235 e. The number of amides is 1. The summed E-state index contributed by atoms with van der Waals surface area (Å²) >= 11 is 0. The number of para-hydroxylation sites is 1. The molecule has 0 radical (unpaired) electrons. The number of halogens is 2. The van der Waals surface area contributed by atoms with E-state index in [-0.39, 0.29) is 23.5 Å². The minimum atomic E-state index is -0.465. The molecule has 1 heterocycles. The first-order chi connectivity index (χ1) is 13.5. The fraction of sp³-hybridized carbons (Fsp3) is 0.125. The normalized spacial score (nSPS) is 17.2. The molecule has 1 aliphatic heterocycles. The van der Waals surface area contributed by atoms with E-state index in [4.69, 9.17) is 0 Å². The molecule has 1 aliphatic rings. The summed E-state index contributed by atoms with van der Waals surface area (Å²) in [5, 5.41) is 0. The van der Waals surface area contributed by atoms with Crippen LogP contribution in [0, 0.1) is 11.6 Å². The summed E-state index contributed by atoms with van der Waals surface area (Å²) in [6.07, 6.45) is 3.65. The number of anilines is 1. The van der Waals surface area contributed by atoms with Crippen molar-refractivity contribution in [3.8, 4) is 0 Å². The van der Waals surface area contributed by atoms with Gasteiger partial charge in [0.1, 0.15) is 11.6 Å². The Labute approximate surface area is 162 Å². The highest BCUT2D eigenvalue weighted by atomic mass is 19.1. The van der Waals surface area contributed by atoms with Crippen LogP contribution in [0.2, 0.25) is 0 Å². The van der Waals surface area contributed by atoms with Crippen LogP contribution in [0.1, 0.15) is 28.5 Å². The summed E-state index contributed by atoms with van der Waals surface area (Å²) in [6.45, 7) is 0. The Morgan fingerprint density at radius 3 is 2.39 bits per heavy atom. The van der Waals surface area contributed by atoms with Gasteiger partial charge in [-0.2, -0.15) is 0 Å². The number of likely N-dealkylation sites (N-methyl/N-ethyl adjacent to an activating group) is 1. The standard InChI is InChI=1S/C24H19F2NO/c1-27-22-11-3-2-10-21(22)23(24(27)28)20(17-7-5-9-19(26)15-17)13-12-16-6-4-8-18(25)14-16/h2-15,20,23H,1H3/b13-12+/t20-,23+/m0/s1. The van der Waals surface area contributed by atoms with Crippen LogP contribution in [-0.2, 0) is 4.79 Å². The van der Waals surface area contributed by atoms with Gasteiger partial charge in [0.2, 0.25) is 5.91 Å². The quantitative estimate of drug-likeness (QED) is 0.588. The smallest absolute Gasteiger partial charge is 0.235 e. The number of carbonyl (C=O) groups excluding carboxylic acids is 1. The lowest BCUT2D eigenvalue weighted by Crippen LogP contribution is -2.26. The molecule has 2 atom stereocenters. The number of nitrogens with zero attached hydrogens (tertiary/aromatic N) is 1. The van der Waals surface area contributed by atoms with Gasteiger partial charge in [-0.15, -0.1) is 0 Å². The van der Waals surface area contributed by atoms with Gasteiger partial charge in [0.25, 0.3) is 0 Å². The van der Waals surface area contributed by atoms with Crippen LogP contribution in [0.15, 0.2) is 78.9 Å². The van der Waals surface area contributed by atoms with Gasteiger partial charge in [-0.05, 0) is 47.0 Å². The number of fused-ring (bicyclic) bond motifs is 1. The molecule has 140 valence electrons. The molecule has 1 amide bonds. The number of benzene rings is 3. The van der Waals surface area contributed by atoms with Crippen molar-refractivity contribution in [2.75, 3.05) is 11.9 Å². The zero-order valence-corrected chi connectivity index (χ0v) is 15.3. The minimum Gasteiger partial charge on any atom is -0.315 e. The first-order valence-electron chi connectivity index (χ1n) is 9.10. The topological polar surface area (TPSA) is 20.3 Å². The molecule has 28 heavy (non-hydrogen) atoms. The third-order valence-electron chi connectivity index (χ3n) is 5.17. The van der Waals surface area contributed by atoms with E-state index in [0.717, 1.165) is 11.3 Å². The van der Waals surface area contributed by atoms with Crippen molar-refractivity contribution < 1.29 is 13.6 Å². The lowest BCUT2D eigenvalue weighted by molar-refractivity contribution is -0.119. The molecule has 3 aromatic carbocycles. The Balaban J connectivity index is 1.81. The lowest BCUT2D eigenvalue weighted by atomic mass is 9.81. The monoisotopic (exact) mass is 375 g/mol. The van der Waals surface area contributed by atoms with Gasteiger partial charge < -0.3 is 4.90 Å². The van der Waals surface area contributed by atoms with Crippen LogP contribution in [0.4, 0.5) is 14.5 Å². The summed E-state index contributed by atoms with van der Waals surface area (Å²) in [4.78, 5) is 14.7. The van der Waals surface area contributed by atoms with Crippen molar-refractivity contribution in [2.24, 2.45) is 0 Å². The molecule has 0 saturated carbocycles. The van der Waals surface area contributed by atoms with Crippen molar-refractivity contribution in [1.82, 2.24) is 0 Å². The maximum absolute atomic E-state index is 13.9.